The van der Waals surface area contributed by atoms with Crippen LogP contribution >= 0.6 is 0 Å². The number of nitrogens with one attached hydrogen (secondary N) is 1. The Morgan fingerprint density at radius 1 is 1.26 bits per heavy atom. The zero-order valence-electron chi connectivity index (χ0n) is 15.5. The number of aromatic nitrogens is 2. The molecular formula is C21H20N4O2. The summed E-state index contributed by atoms with van der Waals surface area (Å²) in [4.78, 5) is 16.8. The number of hydrogen-bond acceptors (Lipinski definition) is 4. The summed E-state index contributed by atoms with van der Waals surface area (Å²) in [5.74, 6) is 1.01. The molecule has 0 aliphatic rings. The van der Waals surface area contributed by atoms with Gasteiger partial charge in [0.05, 0.1) is 31.0 Å². The number of anilines is 1. The highest BCUT2D eigenvalue weighted by Gasteiger charge is 2.20. The minimum absolute atomic E-state index is 0.195. The zero-order chi connectivity index (χ0) is 19.4. The molecule has 1 amide bonds. The third-order valence-electron chi connectivity index (χ3n) is 4.51. The molecule has 0 unspecified atom stereocenters. The quantitative estimate of drug-likeness (QED) is 0.754. The Hall–Kier alpha value is -3.59. The SMILES string of the molecule is COc1ccc(CC(=O)Nc2c(C#N)c(C)c(C)n2-c2cccnc2)cc1. The molecule has 0 saturated carbocycles. The zero-order valence-corrected chi connectivity index (χ0v) is 15.5. The average molecular weight is 360 g/mol. The van der Waals surface area contributed by atoms with Crippen molar-refractivity contribution in [3.8, 4) is 17.5 Å². The number of benzene rings is 1. The van der Waals surface area contributed by atoms with E-state index in [1.54, 1.807) is 19.5 Å². The van der Waals surface area contributed by atoms with Gasteiger partial charge < -0.3 is 10.1 Å². The summed E-state index contributed by atoms with van der Waals surface area (Å²) in [6.45, 7) is 3.79. The van der Waals surface area contributed by atoms with E-state index in [0.29, 0.717) is 11.4 Å². The number of nitriles is 1. The Bertz CT molecular complexity index is 999. The molecule has 0 spiro atoms. The fourth-order valence-electron chi connectivity index (χ4n) is 2.97. The lowest BCUT2D eigenvalue weighted by Gasteiger charge is -2.13. The van der Waals surface area contributed by atoms with E-state index in [9.17, 15) is 10.1 Å². The summed E-state index contributed by atoms with van der Waals surface area (Å²) in [6, 6.07) is 13.2. The number of nitrogens with zero attached hydrogens (tertiary/aromatic N) is 3. The molecule has 1 aromatic carbocycles. The van der Waals surface area contributed by atoms with E-state index in [4.69, 9.17) is 4.74 Å². The summed E-state index contributed by atoms with van der Waals surface area (Å²) in [7, 11) is 1.60. The van der Waals surface area contributed by atoms with Crippen LogP contribution in [0, 0.1) is 25.2 Å². The molecule has 1 N–H and O–H groups in total. The first-order chi connectivity index (χ1) is 13.0. The van der Waals surface area contributed by atoms with E-state index in [2.05, 4.69) is 16.4 Å². The van der Waals surface area contributed by atoms with Gasteiger partial charge in [0.15, 0.2) is 0 Å². The molecule has 3 rings (SSSR count). The standard InChI is InChI=1S/C21H20N4O2/c1-14-15(2)25(17-5-4-10-23-13-17)21(19(14)12-22)24-20(26)11-16-6-8-18(27-3)9-7-16/h4-10,13H,11H2,1-3H3,(H,24,26). The monoisotopic (exact) mass is 360 g/mol. The van der Waals surface area contributed by atoms with Crippen LogP contribution < -0.4 is 10.1 Å². The second-order valence-corrected chi connectivity index (χ2v) is 6.17. The predicted octanol–water partition coefficient (Wildman–Crippen LogP) is 3.55. The molecule has 0 saturated heterocycles. The smallest absolute Gasteiger partial charge is 0.229 e. The first-order valence-electron chi connectivity index (χ1n) is 8.50. The summed E-state index contributed by atoms with van der Waals surface area (Å²) in [5.41, 5.74) is 3.83. The van der Waals surface area contributed by atoms with Crippen molar-refractivity contribution in [2.45, 2.75) is 20.3 Å². The number of amides is 1. The minimum Gasteiger partial charge on any atom is -0.497 e. The molecule has 27 heavy (non-hydrogen) atoms. The van der Waals surface area contributed by atoms with Crippen LogP contribution in [0.4, 0.5) is 5.82 Å². The lowest BCUT2D eigenvalue weighted by Crippen LogP contribution is -2.18. The lowest BCUT2D eigenvalue weighted by atomic mass is 10.1. The van der Waals surface area contributed by atoms with E-state index >= 15 is 0 Å². The molecule has 136 valence electrons. The number of carbonyl (C=O) groups is 1. The number of ether oxygens (including phenoxy) is 1. The Morgan fingerprint density at radius 2 is 2.00 bits per heavy atom. The predicted molar refractivity (Wildman–Crippen MR) is 103 cm³/mol. The topological polar surface area (TPSA) is 79.9 Å². The van der Waals surface area contributed by atoms with Gasteiger partial charge in [-0.2, -0.15) is 5.26 Å². The van der Waals surface area contributed by atoms with Gasteiger partial charge in [0.25, 0.3) is 0 Å². The molecule has 3 aromatic rings. The second-order valence-electron chi connectivity index (χ2n) is 6.17. The summed E-state index contributed by atoms with van der Waals surface area (Å²) >= 11 is 0. The maximum absolute atomic E-state index is 12.6. The fraction of sp³-hybridized carbons (Fsp3) is 0.190. The molecule has 2 aromatic heterocycles. The van der Waals surface area contributed by atoms with Crippen LogP contribution in [0.1, 0.15) is 22.4 Å². The van der Waals surface area contributed by atoms with Gasteiger partial charge in [-0.15, -0.1) is 0 Å². The molecular weight excluding hydrogens is 340 g/mol. The van der Waals surface area contributed by atoms with Crippen LogP contribution in [-0.4, -0.2) is 22.6 Å². The van der Waals surface area contributed by atoms with E-state index in [-0.39, 0.29) is 12.3 Å². The van der Waals surface area contributed by atoms with Gasteiger partial charge >= 0.3 is 0 Å². The Kier molecular flexibility index (Phi) is 5.23. The van der Waals surface area contributed by atoms with Crippen LogP contribution in [0.15, 0.2) is 48.8 Å². The van der Waals surface area contributed by atoms with E-state index in [1.807, 2.05) is 54.8 Å². The Balaban J connectivity index is 1.92. The van der Waals surface area contributed by atoms with Crippen molar-refractivity contribution in [2.24, 2.45) is 0 Å². The minimum atomic E-state index is -0.195. The molecule has 6 nitrogen and oxygen atoms in total. The Labute approximate surface area is 158 Å². The van der Waals surface area contributed by atoms with Crippen LogP contribution in [0.25, 0.3) is 5.69 Å². The van der Waals surface area contributed by atoms with Gasteiger partial charge in [-0.05, 0) is 49.2 Å². The number of pyridine rings is 1. The number of hydrogen-bond donors (Lipinski definition) is 1. The van der Waals surface area contributed by atoms with Crippen molar-refractivity contribution in [1.82, 2.24) is 9.55 Å². The van der Waals surface area contributed by atoms with Crippen LogP contribution in [0.5, 0.6) is 5.75 Å². The number of carbonyl (C=O) groups excluding carboxylic acids is 1. The van der Waals surface area contributed by atoms with Gasteiger partial charge in [0, 0.05) is 11.9 Å². The van der Waals surface area contributed by atoms with Crippen LogP contribution in [0.2, 0.25) is 0 Å². The second kappa shape index (κ2) is 7.75. The molecule has 6 heteroatoms. The molecule has 0 atom stereocenters. The fourth-order valence-corrected chi connectivity index (χ4v) is 2.97. The first-order valence-corrected chi connectivity index (χ1v) is 8.50. The van der Waals surface area contributed by atoms with Crippen molar-refractivity contribution < 1.29 is 9.53 Å². The normalized spacial score (nSPS) is 10.3. The average Bonchev–Trinajstić information content (AvgIpc) is 2.92. The summed E-state index contributed by atoms with van der Waals surface area (Å²) in [5, 5.41) is 12.5. The van der Waals surface area contributed by atoms with Gasteiger partial charge in [0.1, 0.15) is 17.6 Å². The molecule has 2 heterocycles. The van der Waals surface area contributed by atoms with Crippen molar-refractivity contribution >= 4 is 11.7 Å². The van der Waals surface area contributed by atoms with E-state index in [0.717, 1.165) is 28.3 Å². The molecule has 0 fully saturated rings. The number of methoxy groups -OCH3 is 1. The first kappa shape index (κ1) is 18.2. The number of rotatable bonds is 5. The van der Waals surface area contributed by atoms with Crippen molar-refractivity contribution in [3.05, 3.63) is 71.2 Å². The highest BCUT2D eigenvalue weighted by Crippen LogP contribution is 2.29. The van der Waals surface area contributed by atoms with Crippen molar-refractivity contribution in [3.63, 3.8) is 0 Å². The maximum Gasteiger partial charge on any atom is 0.229 e. The van der Waals surface area contributed by atoms with E-state index < -0.39 is 0 Å². The lowest BCUT2D eigenvalue weighted by molar-refractivity contribution is -0.115. The van der Waals surface area contributed by atoms with Gasteiger partial charge in [-0.3, -0.25) is 14.3 Å². The van der Waals surface area contributed by atoms with Gasteiger partial charge in [0.2, 0.25) is 5.91 Å². The summed E-state index contributed by atoms with van der Waals surface area (Å²) < 4.78 is 6.99. The van der Waals surface area contributed by atoms with Crippen LogP contribution in [-0.2, 0) is 11.2 Å². The maximum atomic E-state index is 12.6. The third kappa shape index (κ3) is 3.67. The molecule has 0 radical (unpaired) electrons. The third-order valence-corrected chi connectivity index (χ3v) is 4.51. The Morgan fingerprint density at radius 3 is 2.59 bits per heavy atom. The van der Waals surface area contributed by atoms with E-state index in [1.165, 1.54) is 0 Å². The molecule has 0 aliphatic carbocycles. The van der Waals surface area contributed by atoms with Crippen LogP contribution in [0.3, 0.4) is 0 Å². The highest BCUT2D eigenvalue weighted by molar-refractivity contribution is 5.93. The largest absolute Gasteiger partial charge is 0.497 e. The molecule has 0 aliphatic heterocycles. The van der Waals surface area contributed by atoms with Crippen molar-refractivity contribution in [1.29, 1.82) is 5.26 Å². The summed E-state index contributed by atoms with van der Waals surface area (Å²) in [6.07, 6.45) is 3.58. The van der Waals surface area contributed by atoms with Gasteiger partial charge in [-0.25, -0.2) is 0 Å². The van der Waals surface area contributed by atoms with Crippen molar-refractivity contribution in [2.75, 3.05) is 12.4 Å². The highest BCUT2D eigenvalue weighted by atomic mass is 16.5. The molecule has 0 bridgehead atoms. The van der Waals surface area contributed by atoms with Gasteiger partial charge in [-0.1, -0.05) is 12.1 Å².